The number of aryl methyl sites for hydroxylation is 1. The highest BCUT2D eigenvalue weighted by Gasteiger charge is 2.55. The van der Waals surface area contributed by atoms with Crippen molar-refractivity contribution in [1.29, 1.82) is 0 Å². The van der Waals surface area contributed by atoms with Crippen LogP contribution < -0.4 is 20.5 Å². The maximum atomic E-state index is 13.7. The topological polar surface area (TPSA) is 54.8 Å². The summed E-state index contributed by atoms with van der Waals surface area (Å²) in [6.45, 7) is 2.66. The zero-order chi connectivity index (χ0) is 26.9. The van der Waals surface area contributed by atoms with Crippen molar-refractivity contribution in [2.75, 3.05) is 18.7 Å². The van der Waals surface area contributed by atoms with Gasteiger partial charge >= 0.3 is 0 Å². The fourth-order valence-corrected chi connectivity index (χ4v) is 6.70. The third kappa shape index (κ3) is 3.44. The third-order valence-electron chi connectivity index (χ3n) is 8.10. The molecule has 0 fully saturated rings. The molecular weight excluding hydrogens is 505 g/mol. The number of aromatic nitrogens is 1. The summed E-state index contributed by atoms with van der Waals surface area (Å²) in [5, 5.41) is 3.34. The average molecular weight is 534 g/mol. The summed E-state index contributed by atoms with van der Waals surface area (Å²) in [6, 6.07) is 24.3. The molecule has 4 aromatic rings. The highest BCUT2D eigenvalue weighted by molar-refractivity contribution is 7.27. The summed E-state index contributed by atoms with van der Waals surface area (Å²) in [5.41, 5.74) is 7.55. The summed E-state index contributed by atoms with van der Waals surface area (Å²) in [7, 11) is 4.57. The van der Waals surface area contributed by atoms with Crippen LogP contribution in [0.5, 0.6) is 5.75 Å². The van der Waals surface area contributed by atoms with Crippen molar-refractivity contribution in [3.63, 3.8) is 0 Å². The number of hydrogen-bond acceptors (Lipinski definition) is 4. The zero-order valence-electron chi connectivity index (χ0n) is 21.8. The molecule has 1 aliphatic heterocycles. The molecular formula is C32H28N3O3P. The van der Waals surface area contributed by atoms with Crippen molar-refractivity contribution < 1.29 is 9.53 Å². The molecule has 0 radical (unpaired) electrons. The SMILES string of the molecule is Cc1ccc2c(c1)CC1=Cc3cc(P)ccc3C12N1CN(C)C(=O)c2c(OCc3ccccc3)c(=O)ccn21. The lowest BCUT2D eigenvalue weighted by Gasteiger charge is -2.49. The van der Waals surface area contributed by atoms with Gasteiger partial charge in [0.05, 0.1) is 0 Å². The molecule has 3 aromatic carbocycles. The van der Waals surface area contributed by atoms with Gasteiger partial charge in [-0.2, -0.15) is 0 Å². The van der Waals surface area contributed by atoms with Crippen LogP contribution in [0.15, 0.2) is 89.4 Å². The standard InChI is InChI=1S/C32H28N3O3P/c1-20-8-10-26-22(14-20)15-24-16-23-17-25(39)9-11-27(23)32(24,26)35-19-33(2)31(37)29-30(28(36)12-13-34(29)35)38-18-21-6-4-3-5-7-21/h3-14,16-17H,15,18-19,39H2,1-2H3. The van der Waals surface area contributed by atoms with Crippen LogP contribution in [-0.2, 0) is 18.6 Å². The Balaban J connectivity index is 1.45. The molecule has 7 rings (SSSR count). The number of carbonyl (C=O) groups is 1. The maximum Gasteiger partial charge on any atom is 0.277 e. The minimum absolute atomic E-state index is 0.0745. The highest BCUT2D eigenvalue weighted by Crippen LogP contribution is 2.55. The van der Waals surface area contributed by atoms with E-state index in [0.717, 1.165) is 17.3 Å². The van der Waals surface area contributed by atoms with Crippen LogP contribution in [0, 0.1) is 6.92 Å². The van der Waals surface area contributed by atoms with Gasteiger partial charge in [-0.25, -0.2) is 0 Å². The largest absolute Gasteiger partial charge is 0.482 e. The Hall–Kier alpha value is -4.15. The van der Waals surface area contributed by atoms with E-state index in [1.54, 1.807) is 18.1 Å². The van der Waals surface area contributed by atoms with E-state index in [9.17, 15) is 9.59 Å². The van der Waals surface area contributed by atoms with Crippen molar-refractivity contribution in [3.8, 4) is 5.75 Å². The normalized spacial score (nSPS) is 18.8. The van der Waals surface area contributed by atoms with Gasteiger partial charge in [-0.15, -0.1) is 9.24 Å². The van der Waals surface area contributed by atoms with E-state index in [1.165, 1.54) is 39.5 Å². The third-order valence-corrected chi connectivity index (χ3v) is 8.45. The quantitative estimate of drug-likeness (QED) is 0.371. The summed E-state index contributed by atoms with van der Waals surface area (Å²) in [4.78, 5) is 28.5. The molecule has 1 aromatic heterocycles. The van der Waals surface area contributed by atoms with Gasteiger partial charge in [0, 0.05) is 19.3 Å². The molecule has 2 atom stereocenters. The second-order valence-corrected chi connectivity index (χ2v) is 11.3. The van der Waals surface area contributed by atoms with Gasteiger partial charge < -0.3 is 9.64 Å². The molecule has 39 heavy (non-hydrogen) atoms. The lowest BCUT2D eigenvalue weighted by molar-refractivity contribution is 0.0712. The Morgan fingerprint density at radius 2 is 1.77 bits per heavy atom. The lowest BCUT2D eigenvalue weighted by Crippen LogP contribution is -2.61. The highest BCUT2D eigenvalue weighted by atomic mass is 31.0. The van der Waals surface area contributed by atoms with Crippen molar-refractivity contribution >= 4 is 26.5 Å². The molecule has 7 heteroatoms. The smallest absolute Gasteiger partial charge is 0.277 e. The number of amides is 1. The van der Waals surface area contributed by atoms with Crippen LogP contribution in [-0.4, -0.2) is 29.2 Å². The van der Waals surface area contributed by atoms with Gasteiger partial charge in [0.1, 0.15) is 18.8 Å². The molecule has 6 nitrogen and oxygen atoms in total. The monoisotopic (exact) mass is 533 g/mol. The van der Waals surface area contributed by atoms with Crippen LogP contribution in [0.4, 0.5) is 0 Å². The summed E-state index contributed by atoms with van der Waals surface area (Å²) in [5.74, 6) is -0.167. The number of ether oxygens (including phenoxy) is 1. The van der Waals surface area contributed by atoms with Crippen molar-refractivity contribution in [2.24, 2.45) is 0 Å². The summed E-state index contributed by atoms with van der Waals surface area (Å²) in [6.07, 6.45) is 4.83. The van der Waals surface area contributed by atoms with E-state index in [4.69, 9.17) is 4.74 Å². The molecule has 0 spiro atoms. The molecule has 0 bridgehead atoms. The van der Waals surface area contributed by atoms with E-state index in [1.807, 2.05) is 35.0 Å². The molecule has 0 saturated carbocycles. The predicted octanol–water partition coefficient (Wildman–Crippen LogP) is 4.11. The molecule has 0 N–H and O–H groups in total. The molecule has 0 saturated heterocycles. The summed E-state index contributed by atoms with van der Waals surface area (Å²) >= 11 is 0. The molecule has 194 valence electrons. The minimum atomic E-state index is -0.619. The molecule has 2 aliphatic carbocycles. The number of carbonyl (C=O) groups excluding carboxylic acids is 1. The van der Waals surface area contributed by atoms with Crippen LogP contribution >= 0.6 is 9.24 Å². The zero-order valence-corrected chi connectivity index (χ0v) is 23.0. The van der Waals surface area contributed by atoms with E-state index in [-0.39, 0.29) is 29.4 Å². The Bertz CT molecular complexity index is 1760. The van der Waals surface area contributed by atoms with Crippen LogP contribution in [0.25, 0.3) is 6.08 Å². The van der Waals surface area contributed by atoms with Crippen LogP contribution in [0.2, 0.25) is 0 Å². The second-order valence-electron chi connectivity index (χ2n) is 10.6. The van der Waals surface area contributed by atoms with Crippen LogP contribution in [0.1, 0.15) is 43.9 Å². The van der Waals surface area contributed by atoms with Crippen LogP contribution in [0.3, 0.4) is 0 Å². The fraction of sp³-hybridized carbons (Fsp3) is 0.188. The van der Waals surface area contributed by atoms with E-state index < -0.39 is 5.54 Å². The Morgan fingerprint density at radius 1 is 0.974 bits per heavy atom. The minimum Gasteiger partial charge on any atom is -0.482 e. The first-order valence-electron chi connectivity index (χ1n) is 13.0. The Kier molecular flexibility index (Phi) is 5.33. The maximum absolute atomic E-state index is 13.7. The number of benzene rings is 3. The van der Waals surface area contributed by atoms with E-state index in [0.29, 0.717) is 6.67 Å². The van der Waals surface area contributed by atoms with Gasteiger partial charge in [0.15, 0.2) is 11.4 Å². The Labute approximate surface area is 229 Å². The summed E-state index contributed by atoms with van der Waals surface area (Å²) < 4.78 is 7.96. The van der Waals surface area contributed by atoms with Crippen molar-refractivity contribution in [2.45, 2.75) is 25.5 Å². The van der Waals surface area contributed by atoms with E-state index in [2.05, 4.69) is 63.6 Å². The predicted molar refractivity (Wildman–Crippen MR) is 156 cm³/mol. The fourth-order valence-electron chi connectivity index (χ4n) is 6.42. The first-order valence-corrected chi connectivity index (χ1v) is 13.6. The first-order chi connectivity index (χ1) is 18.9. The van der Waals surface area contributed by atoms with Crippen molar-refractivity contribution in [1.82, 2.24) is 9.58 Å². The number of fused-ring (bicyclic) bond motifs is 6. The van der Waals surface area contributed by atoms with Gasteiger partial charge in [-0.05, 0) is 58.1 Å². The number of hydrogen-bond donors (Lipinski definition) is 0. The first kappa shape index (κ1) is 23.9. The second kappa shape index (κ2) is 8.69. The Morgan fingerprint density at radius 3 is 2.59 bits per heavy atom. The number of nitrogens with zero attached hydrogens (tertiary/aromatic N) is 3. The molecule has 3 aliphatic rings. The van der Waals surface area contributed by atoms with Gasteiger partial charge in [0.25, 0.3) is 5.91 Å². The van der Waals surface area contributed by atoms with E-state index >= 15 is 0 Å². The lowest BCUT2D eigenvalue weighted by atomic mass is 9.83. The van der Waals surface area contributed by atoms with Gasteiger partial charge in [-0.3, -0.25) is 19.3 Å². The molecule has 2 unspecified atom stereocenters. The molecule has 1 amide bonds. The average Bonchev–Trinajstić information content (AvgIpc) is 3.40. The number of pyridine rings is 1. The van der Waals surface area contributed by atoms with Gasteiger partial charge in [0.2, 0.25) is 5.43 Å². The number of rotatable bonds is 4. The van der Waals surface area contributed by atoms with Crippen molar-refractivity contribution in [3.05, 3.63) is 134 Å². The molecule has 2 heterocycles. The van der Waals surface area contributed by atoms with Gasteiger partial charge in [-0.1, -0.05) is 72.3 Å².